The third kappa shape index (κ3) is 12.2. The van der Waals surface area contributed by atoms with Gasteiger partial charge in [0, 0.05) is 45.4 Å². The highest BCUT2D eigenvalue weighted by atomic mass is 14.9. The summed E-state index contributed by atoms with van der Waals surface area (Å²) in [5.41, 5.74) is 22.0. The standard InChI is InChI=1S/C50H51N3.4C2H6/c1-30-24-33(4)48(34(5)25-30)51-41-18-14-39(15-19-41)47(40-16-20-42(21-17-40)52-49-35(6)26-31(2)27-36(49)7)45-22-23-46(44-13-11-10-12-43(44)45)53-50-37(8)28-32(3)29-38(50)9;4*1-2/h10-29,47,51-53H,1-9H3;4*1-2H3. The average molecular weight is 814 g/mol. The summed E-state index contributed by atoms with van der Waals surface area (Å²) >= 11 is 0. The molecule has 61 heavy (non-hydrogen) atoms. The van der Waals surface area contributed by atoms with Crippen LogP contribution in [0.3, 0.4) is 0 Å². The molecule has 7 aromatic rings. The van der Waals surface area contributed by atoms with Crippen LogP contribution in [0.5, 0.6) is 0 Å². The second kappa shape index (κ2) is 23.8. The number of hydrogen-bond acceptors (Lipinski definition) is 3. The van der Waals surface area contributed by atoms with E-state index in [0.29, 0.717) is 0 Å². The minimum atomic E-state index is 0.0191. The molecule has 3 nitrogen and oxygen atoms in total. The van der Waals surface area contributed by atoms with Crippen LogP contribution in [0.2, 0.25) is 0 Å². The summed E-state index contributed by atoms with van der Waals surface area (Å²) in [6, 6.07) is 44.9. The van der Waals surface area contributed by atoms with E-state index in [1.807, 2.05) is 55.4 Å². The van der Waals surface area contributed by atoms with Crippen LogP contribution in [0.25, 0.3) is 10.8 Å². The highest BCUT2D eigenvalue weighted by Gasteiger charge is 2.21. The molecular formula is C58H75N3. The fraction of sp³-hybridized carbons (Fsp3) is 0.310. The smallest absolute Gasteiger partial charge is 0.0464 e. The molecule has 0 radical (unpaired) electrons. The second-order valence-corrected chi connectivity index (χ2v) is 15.1. The summed E-state index contributed by atoms with van der Waals surface area (Å²) in [5, 5.41) is 13.7. The monoisotopic (exact) mass is 814 g/mol. The molecule has 0 aliphatic rings. The lowest BCUT2D eigenvalue weighted by molar-refractivity contribution is 0.989. The zero-order valence-electron chi connectivity index (χ0n) is 40.6. The van der Waals surface area contributed by atoms with Gasteiger partial charge in [-0.3, -0.25) is 0 Å². The molecule has 0 aliphatic carbocycles. The second-order valence-electron chi connectivity index (χ2n) is 15.1. The zero-order valence-corrected chi connectivity index (χ0v) is 40.6. The van der Waals surface area contributed by atoms with Crippen LogP contribution >= 0.6 is 0 Å². The van der Waals surface area contributed by atoms with Gasteiger partial charge in [-0.05, 0) is 148 Å². The molecule has 0 saturated carbocycles. The van der Waals surface area contributed by atoms with Crippen LogP contribution in [0.1, 0.15) is 128 Å². The van der Waals surface area contributed by atoms with Gasteiger partial charge in [0.05, 0.1) is 0 Å². The lowest BCUT2D eigenvalue weighted by Crippen LogP contribution is -2.06. The van der Waals surface area contributed by atoms with E-state index in [-0.39, 0.29) is 5.92 Å². The number of fused-ring (bicyclic) bond motifs is 1. The molecule has 3 N–H and O–H groups in total. The van der Waals surface area contributed by atoms with Gasteiger partial charge < -0.3 is 16.0 Å². The van der Waals surface area contributed by atoms with E-state index in [9.17, 15) is 0 Å². The quantitative estimate of drug-likeness (QED) is 0.127. The van der Waals surface area contributed by atoms with Crippen molar-refractivity contribution in [2.75, 3.05) is 16.0 Å². The molecule has 0 atom stereocenters. The van der Waals surface area contributed by atoms with Crippen LogP contribution in [-0.2, 0) is 0 Å². The normalized spacial score (nSPS) is 10.2. The van der Waals surface area contributed by atoms with Gasteiger partial charge in [0.25, 0.3) is 0 Å². The predicted molar refractivity (Wildman–Crippen MR) is 275 cm³/mol. The Kier molecular flexibility index (Phi) is 19.4. The zero-order chi connectivity index (χ0) is 45.4. The first-order valence-corrected chi connectivity index (χ1v) is 22.7. The van der Waals surface area contributed by atoms with Crippen molar-refractivity contribution in [1.29, 1.82) is 0 Å². The Morgan fingerprint density at radius 1 is 0.328 bits per heavy atom. The maximum atomic E-state index is 3.83. The summed E-state index contributed by atoms with van der Waals surface area (Å²) < 4.78 is 0. The van der Waals surface area contributed by atoms with Gasteiger partial charge in [0.2, 0.25) is 0 Å². The number of anilines is 6. The molecule has 0 amide bonds. The Hall–Kier alpha value is -5.80. The molecule has 0 unspecified atom stereocenters. The highest BCUT2D eigenvalue weighted by molar-refractivity contribution is 5.98. The van der Waals surface area contributed by atoms with Crippen molar-refractivity contribution in [1.82, 2.24) is 0 Å². The minimum Gasteiger partial charge on any atom is -0.355 e. The van der Waals surface area contributed by atoms with E-state index in [4.69, 9.17) is 0 Å². The van der Waals surface area contributed by atoms with E-state index in [2.05, 4.69) is 200 Å². The van der Waals surface area contributed by atoms with E-state index in [0.717, 1.165) is 17.1 Å². The summed E-state index contributed by atoms with van der Waals surface area (Å²) in [6.45, 7) is 35.6. The molecule has 7 aromatic carbocycles. The van der Waals surface area contributed by atoms with Gasteiger partial charge in [-0.15, -0.1) is 0 Å². The van der Waals surface area contributed by atoms with Gasteiger partial charge >= 0.3 is 0 Å². The number of hydrogen-bond donors (Lipinski definition) is 3. The van der Waals surface area contributed by atoms with E-state index in [1.54, 1.807) is 0 Å². The van der Waals surface area contributed by atoms with Gasteiger partial charge in [-0.25, -0.2) is 0 Å². The van der Waals surface area contributed by atoms with Gasteiger partial charge in [-0.1, -0.05) is 163 Å². The van der Waals surface area contributed by atoms with Crippen molar-refractivity contribution in [3.63, 3.8) is 0 Å². The summed E-state index contributed by atoms with van der Waals surface area (Å²) in [5.74, 6) is 0.0191. The molecule has 0 aliphatic heterocycles. The Morgan fingerprint density at radius 3 is 0.984 bits per heavy atom. The Bertz CT molecular complexity index is 2280. The third-order valence-corrected chi connectivity index (χ3v) is 10.6. The average Bonchev–Trinajstić information content (AvgIpc) is 3.26. The van der Waals surface area contributed by atoms with Gasteiger partial charge in [0.15, 0.2) is 0 Å². The summed E-state index contributed by atoms with van der Waals surface area (Å²) in [7, 11) is 0. The molecule has 3 heteroatoms. The molecule has 0 aromatic heterocycles. The minimum absolute atomic E-state index is 0.0191. The van der Waals surface area contributed by atoms with Crippen LogP contribution < -0.4 is 16.0 Å². The molecule has 0 spiro atoms. The van der Waals surface area contributed by atoms with E-state index < -0.39 is 0 Å². The first-order valence-electron chi connectivity index (χ1n) is 22.7. The van der Waals surface area contributed by atoms with Crippen molar-refractivity contribution >= 4 is 44.9 Å². The van der Waals surface area contributed by atoms with Crippen molar-refractivity contribution in [3.05, 3.63) is 188 Å². The Balaban J connectivity index is 0.00000117. The topological polar surface area (TPSA) is 36.1 Å². The molecule has 7 rings (SSSR count). The maximum absolute atomic E-state index is 3.83. The van der Waals surface area contributed by atoms with Crippen LogP contribution in [0.15, 0.2) is 121 Å². The fourth-order valence-electron chi connectivity index (χ4n) is 8.31. The number of nitrogens with one attached hydrogen (secondary N) is 3. The van der Waals surface area contributed by atoms with Crippen molar-refractivity contribution in [3.8, 4) is 0 Å². The summed E-state index contributed by atoms with van der Waals surface area (Å²) in [6.07, 6.45) is 0. The Morgan fingerprint density at radius 2 is 0.639 bits per heavy atom. The number of aryl methyl sites for hydroxylation is 9. The van der Waals surface area contributed by atoms with Crippen LogP contribution in [0.4, 0.5) is 34.1 Å². The highest BCUT2D eigenvalue weighted by Crippen LogP contribution is 2.41. The van der Waals surface area contributed by atoms with Crippen LogP contribution in [-0.4, -0.2) is 0 Å². The van der Waals surface area contributed by atoms with Gasteiger partial charge in [-0.2, -0.15) is 0 Å². The molecule has 0 heterocycles. The summed E-state index contributed by atoms with van der Waals surface area (Å²) in [4.78, 5) is 0. The molecular weight excluding hydrogens is 739 g/mol. The van der Waals surface area contributed by atoms with Crippen molar-refractivity contribution in [2.24, 2.45) is 0 Å². The fourth-order valence-corrected chi connectivity index (χ4v) is 8.31. The lowest BCUT2D eigenvalue weighted by atomic mass is 9.82. The van der Waals surface area contributed by atoms with Crippen LogP contribution in [0, 0.1) is 62.3 Å². The maximum Gasteiger partial charge on any atom is 0.0464 e. The SMILES string of the molecule is CC.CC.CC.CC.Cc1cc(C)c(Nc2ccc(C(c3ccc(Nc4c(C)cc(C)cc4C)cc3)c3ccc(Nc4c(C)cc(C)cc4C)c4ccccc34)cc2)c(C)c1. The van der Waals surface area contributed by atoms with Crippen molar-refractivity contribution < 1.29 is 0 Å². The lowest BCUT2D eigenvalue weighted by Gasteiger charge is -2.24. The molecule has 0 bridgehead atoms. The molecule has 322 valence electrons. The van der Waals surface area contributed by atoms with E-state index >= 15 is 0 Å². The van der Waals surface area contributed by atoms with E-state index in [1.165, 1.54) is 94.6 Å². The predicted octanol–water partition coefficient (Wildman–Crippen LogP) is 18.1. The molecule has 0 fully saturated rings. The first-order chi connectivity index (χ1) is 29.4. The largest absolute Gasteiger partial charge is 0.355 e. The third-order valence-electron chi connectivity index (χ3n) is 10.6. The molecule has 0 saturated heterocycles. The van der Waals surface area contributed by atoms with Crippen molar-refractivity contribution in [2.45, 2.75) is 124 Å². The Labute approximate surface area is 371 Å². The number of rotatable bonds is 9. The van der Waals surface area contributed by atoms with Gasteiger partial charge in [0.1, 0.15) is 0 Å². The first kappa shape index (κ1) is 49.6. The number of benzene rings is 7.